The molecule has 0 aliphatic carbocycles. The maximum absolute atomic E-state index is 5.83. The van der Waals surface area contributed by atoms with Gasteiger partial charge in [-0.05, 0) is 24.6 Å². The van der Waals surface area contributed by atoms with Crippen molar-refractivity contribution in [3.05, 3.63) is 41.5 Å². The largest absolute Gasteiger partial charge is 0.485 e. The third-order valence-electron chi connectivity index (χ3n) is 2.73. The minimum atomic E-state index is -0.0127. The molecule has 1 aromatic carbocycles. The third kappa shape index (κ3) is 3.54. The van der Waals surface area contributed by atoms with Gasteiger partial charge in [-0.3, -0.25) is 0 Å². The fourth-order valence-corrected chi connectivity index (χ4v) is 1.60. The first kappa shape index (κ1) is 13.5. The fourth-order valence-electron chi connectivity index (χ4n) is 1.60. The summed E-state index contributed by atoms with van der Waals surface area (Å²) in [6.45, 7) is 6.24. The topological polar surface area (TPSA) is 74.2 Å². The summed E-state index contributed by atoms with van der Waals surface area (Å²) in [5, 5.41) is 3.87. The van der Waals surface area contributed by atoms with E-state index in [1.54, 1.807) is 0 Å². The number of hydrogen-bond donors (Lipinski definition) is 1. The van der Waals surface area contributed by atoms with Crippen molar-refractivity contribution in [1.29, 1.82) is 0 Å². The van der Waals surface area contributed by atoms with Crippen LogP contribution in [-0.4, -0.2) is 10.1 Å². The molecule has 2 aromatic rings. The van der Waals surface area contributed by atoms with Crippen LogP contribution >= 0.6 is 0 Å². The molecule has 0 fully saturated rings. The van der Waals surface area contributed by atoms with Crippen LogP contribution in [0.1, 0.15) is 50.0 Å². The Bertz CT molecular complexity index is 535. The summed E-state index contributed by atoms with van der Waals surface area (Å²) >= 11 is 0. The van der Waals surface area contributed by atoms with E-state index >= 15 is 0 Å². The van der Waals surface area contributed by atoms with Gasteiger partial charge in [-0.1, -0.05) is 31.1 Å². The summed E-state index contributed by atoms with van der Waals surface area (Å²) in [5.41, 5.74) is 6.87. The molecule has 1 heterocycles. The number of nitrogens with two attached hydrogens (primary N) is 1. The summed E-state index contributed by atoms with van der Waals surface area (Å²) in [4.78, 5) is 4.25. The number of aromatic nitrogens is 2. The summed E-state index contributed by atoms with van der Waals surface area (Å²) in [7, 11) is 0. The molecule has 1 unspecified atom stereocenters. The van der Waals surface area contributed by atoms with Crippen LogP contribution in [0.5, 0.6) is 5.75 Å². The monoisotopic (exact) mass is 261 g/mol. The molecule has 0 aliphatic heterocycles. The number of hydrogen-bond acceptors (Lipinski definition) is 5. The van der Waals surface area contributed by atoms with Gasteiger partial charge in [0.2, 0.25) is 11.7 Å². The number of benzene rings is 1. The van der Waals surface area contributed by atoms with Gasteiger partial charge in [0.1, 0.15) is 5.75 Å². The van der Waals surface area contributed by atoms with Crippen molar-refractivity contribution in [3.63, 3.8) is 0 Å². The Morgan fingerprint density at radius 3 is 2.74 bits per heavy atom. The van der Waals surface area contributed by atoms with Crippen molar-refractivity contribution in [2.75, 3.05) is 0 Å². The molecule has 1 aromatic heterocycles. The van der Waals surface area contributed by atoms with Crippen LogP contribution in [0.4, 0.5) is 0 Å². The number of rotatable bonds is 5. The van der Waals surface area contributed by atoms with Crippen LogP contribution in [0.2, 0.25) is 0 Å². The normalized spacial score (nSPS) is 12.7. The van der Waals surface area contributed by atoms with E-state index in [2.05, 4.69) is 10.1 Å². The minimum Gasteiger partial charge on any atom is -0.485 e. The van der Waals surface area contributed by atoms with Crippen LogP contribution in [0.15, 0.2) is 28.8 Å². The predicted octanol–water partition coefficient (Wildman–Crippen LogP) is 2.79. The SMILES string of the molecule is CC(C)c1nc(COc2cccc(C(C)N)c2)no1. The van der Waals surface area contributed by atoms with Crippen LogP contribution in [0.3, 0.4) is 0 Å². The standard InChI is InChI=1S/C14H19N3O2/c1-9(2)14-16-13(17-19-14)8-18-12-6-4-5-11(7-12)10(3)15/h4-7,9-10H,8,15H2,1-3H3. The van der Waals surface area contributed by atoms with E-state index in [-0.39, 0.29) is 12.0 Å². The highest BCUT2D eigenvalue weighted by molar-refractivity contribution is 5.30. The predicted molar refractivity (Wildman–Crippen MR) is 71.8 cm³/mol. The Morgan fingerprint density at radius 1 is 1.32 bits per heavy atom. The van der Waals surface area contributed by atoms with Gasteiger partial charge in [0, 0.05) is 12.0 Å². The molecule has 0 saturated carbocycles. The molecular weight excluding hydrogens is 242 g/mol. The molecule has 1 atom stereocenters. The molecule has 0 saturated heterocycles. The van der Waals surface area contributed by atoms with E-state index in [0.29, 0.717) is 18.3 Å². The Hall–Kier alpha value is -1.88. The second kappa shape index (κ2) is 5.84. The van der Waals surface area contributed by atoms with Crippen LogP contribution < -0.4 is 10.5 Å². The zero-order valence-corrected chi connectivity index (χ0v) is 11.5. The average Bonchev–Trinajstić information content (AvgIpc) is 2.85. The Balaban J connectivity index is 1.99. The maximum Gasteiger partial charge on any atom is 0.229 e. The first-order valence-electron chi connectivity index (χ1n) is 6.37. The van der Waals surface area contributed by atoms with Crippen molar-refractivity contribution in [2.45, 2.75) is 39.3 Å². The third-order valence-corrected chi connectivity index (χ3v) is 2.73. The lowest BCUT2D eigenvalue weighted by atomic mass is 10.1. The van der Waals surface area contributed by atoms with Gasteiger partial charge < -0.3 is 15.0 Å². The quantitative estimate of drug-likeness (QED) is 0.895. The van der Waals surface area contributed by atoms with Gasteiger partial charge in [-0.15, -0.1) is 0 Å². The molecule has 0 aliphatic rings. The maximum atomic E-state index is 5.83. The summed E-state index contributed by atoms with van der Waals surface area (Å²) in [6, 6.07) is 7.69. The lowest BCUT2D eigenvalue weighted by Gasteiger charge is -2.08. The first-order valence-corrected chi connectivity index (χ1v) is 6.37. The second-order valence-corrected chi connectivity index (χ2v) is 4.85. The molecule has 102 valence electrons. The van der Waals surface area contributed by atoms with Crippen LogP contribution in [0, 0.1) is 0 Å². The van der Waals surface area contributed by atoms with Gasteiger partial charge in [-0.25, -0.2) is 0 Å². The molecule has 19 heavy (non-hydrogen) atoms. The molecule has 0 radical (unpaired) electrons. The van der Waals surface area contributed by atoms with Crippen molar-refractivity contribution >= 4 is 0 Å². The Labute approximate surface area is 112 Å². The van der Waals surface area contributed by atoms with E-state index < -0.39 is 0 Å². The van der Waals surface area contributed by atoms with Gasteiger partial charge >= 0.3 is 0 Å². The zero-order valence-electron chi connectivity index (χ0n) is 11.5. The lowest BCUT2D eigenvalue weighted by molar-refractivity contribution is 0.284. The molecule has 2 rings (SSSR count). The van der Waals surface area contributed by atoms with Crippen LogP contribution in [0.25, 0.3) is 0 Å². The van der Waals surface area contributed by atoms with Gasteiger partial charge in [0.25, 0.3) is 0 Å². The van der Waals surface area contributed by atoms with Gasteiger partial charge in [-0.2, -0.15) is 4.98 Å². The molecule has 2 N–H and O–H groups in total. The average molecular weight is 261 g/mol. The highest BCUT2D eigenvalue weighted by atomic mass is 16.5. The van der Waals surface area contributed by atoms with E-state index in [4.69, 9.17) is 15.0 Å². The fraction of sp³-hybridized carbons (Fsp3) is 0.429. The smallest absolute Gasteiger partial charge is 0.229 e. The Morgan fingerprint density at radius 2 is 2.11 bits per heavy atom. The van der Waals surface area contributed by atoms with Crippen molar-refractivity contribution in [2.24, 2.45) is 5.73 Å². The lowest BCUT2D eigenvalue weighted by Crippen LogP contribution is -2.05. The van der Waals surface area contributed by atoms with E-state index in [9.17, 15) is 0 Å². The van der Waals surface area contributed by atoms with Crippen molar-refractivity contribution in [1.82, 2.24) is 10.1 Å². The van der Waals surface area contributed by atoms with Crippen molar-refractivity contribution < 1.29 is 9.26 Å². The van der Waals surface area contributed by atoms with Gasteiger partial charge in [0.05, 0.1) is 0 Å². The second-order valence-electron chi connectivity index (χ2n) is 4.85. The molecule has 0 amide bonds. The van der Waals surface area contributed by atoms with E-state index in [0.717, 1.165) is 11.3 Å². The minimum absolute atomic E-state index is 0.0127. The Kier molecular flexibility index (Phi) is 4.16. The first-order chi connectivity index (χ1) is 9.06. The van der Waals surface area contributed by atoms with E-state index in [1.807, 2.05) is 45.0 Å². The highest BCUT2D eigenvalue weighted by Crippen LogP contribution is 2.18. The molecular formula is C14H19N3O2. The summed E-state index contributed by atoms with van der Waals surface area (Å²) < 4.78 is 10.8. The zero-order chi connectivity index (χ0) is 13.8. The van der Waals surface area contributed by atoms with Crippen molar-refractivity contribution in [3.8, 4) is 5.75 Å². The van der Waals surface area contributed by atoms with Gasteiger partial charge in [0.15, 0.2) is 6.61 Å². The molecule has 0 bridgehead atoms. The molecule has 5 nitrogen and oxygen atoms in total. The number of ether oxygens (including phenoxy) is 1. The summed E-state index contributed by atoms with van der Waals surface area (Å²) in [6.07, 6.45) is 0. The molecule has 0 spiro atoms. The highest BCUT2D eigenvalue weighted by Gasteiger charge is 2.10. The summed E-state index contributed by atoms with van der Waals surface area (Å²) in [5.74, 6) is 2.16. The van der Waals surface area contributed by atoms with Crippen LogP contribution in [-0.2, 0) is 6.61 Å². The van der Waals surface area contributed by atoms with E-state index in [1.165, 1.54) is 0 Å². The number of nitrogens with zero attached hydrogens (tertiary/aromatic N) is 2. The molecule has 5 heteroatoms.